The van der Waals surface area contributed by atoms with Crippen LogP contribution in [-0.4, -0.2) is 60.6 Å². The Bertz CT molecular complexity index is 1060. The minimum absolute atomic E-state index is 0.405. The molecular weight excluding hydrogens is 443 g/mol. The first-order valence-corrected chi connectivity index (χ1v) is 16.6. The quantitative estimate of drug-likeness (QED) is 0.412. The van der Waals surface area contributed by atoms with Gasteiger partial charge < -0.3 is 23.5 Å². The fraction of sp³-hybridized carbons (Fsp3) is 0.760. The zero-order valence-corrected chi connectivity index (χ0v) is 23.3. The maximum Gasteiger partial charge on any atom is 0.497 e. The molecule has 1 aliphatic carbocycles. The van der Waals surface area contributed by atoms with E-state index in [9.17, 15) is 0 Å². The van der Waals surface area contributed by atoms with Crippen molar-refractivity contribution in [1.29, 1.82) is 0 Å². The summed E-state index contributed by atoms with van der Waals surface area (Å²) in [7, 11) is -1.60. The van der Waals surface area contributed by atoms with Crippen molar-refractivity contribution in [3.8, 4) is 0 Å². The van der Waals surface area contributed by atoms with Crippen LogP contribution in [0.15, 0.2) is 12.5 Å². The van der Waals surface area contributed by atoms with Gasteiger partial charge in [-0.25, -0.2) is 9.97 Å². The van der Waals surface area contributed by atoms with Gasteiger partial charge in [0.2, 0.25) is 0 Å². The van der Waals surface area contributed by atoms with Gasteiger partial charge in [-0.05, 0) is 57.9 Å². The van der Waals surface area contributed by atoms with Crippen molar-refractivity contribution in [2.75, 3.05) is 24.6 Å². The normalized spacial score (nSPS) is 27.6. The van der Waals surface area contributed by atoms with Crippen molar-refractivity contribution in [2.45, 2.75) is 91.1 Å². The second kappa shape index (κ2) is 8.05. The van der Waals surface area contributed by atoms with Crippen molar-refractivity contribution in [2.24, 2.45) is 11.3 Å². The number of ether oxygens (including phenoxy) is 1. The summed E-state index contributed by atoms with van der Waals surface area (Å²) in [4.78, 5) is 12.0. The van der Waals surface area contributed by atoms with Crippen LogP contribution >= 0.6 is 0 Å². The topological polar surface area (TPSA) is 61.6 Å². The van der Waals surface area contributed by atoms with Crippen molar-refractivity contribution >= 4 is 37.5 Å². The van der Waals surface area contributed by atoms with Gasteiger partial charge in [-0.2, -0.15) is 0 Å². The van der Waals surface area contributed by atoms with Gasteiger partial charge in [-0.1, -0.05) is 26.6 Å². The molecule has 0 aromatic carbocycles. The minimum Gasteiger partial charge on any atom is -0.399 e. The molecule has 186 valence electrons. The summed E-state index contributed by atoms with van der Waals surface area (Å²) in [6.07, 6.45) is 6.40. The lowest BCUT2D eigenvalue weighted by Crippen LogP contribution is -2.41. The molecule has 0 spiro atoms. The molecule has 9 heteroatoms. The summed E-state index contributed by atoms with van der Waals surface area (Å²) in [5.74, 6) is 1.80. The van der Waals surface area contributed by atoms with Crippen LogP contribution < -0.4 is 10.4 Å². The first-order chi connectivity index (χ1) is 15.9. The van der Waals surface area contributed by atoms with Gasteiger partial charge in [-0.3, -0.25) is 0 Å². The highest BCUT2D eigenvalue weighted by Gasteiger charge is 2.59. The third-order valence-corrected chi connectivity index (χ3v) is 10.4. The van der Waals surface area contributed by atoms with Crippen LogP contribution in [0.1, 0.15) is 47.5 Å². The van der Waals surface area contributed by atoms with E-state index in [0.717, 1.165) is 54.0 Å². The van der Waals surface area contributed by atoms with Crippen LogP contribution in [0.5, 0.6) is 0 Å². The van der Waals surface area contributed by atoms with Gasteiger partial charge in [0.15, 0.2) is 0 Å². The van der Waals surface area contributed by atoms with Crippen LogP contribution in [0.2, 0.25) is 25.7 Å². The molecule has 0 N–H and O–H groups in total. The first-order valence-electron chi connectivity index (χ1n) is 12.9. The molecule has 2 aromatic heterocycles. The van der Waals surface area contributed by atoms with Gasteiger partial charge in [0.05, 0.1) is 16.6 Å². The predicted molar refractivity (Wildman–Crippen MR) is 140 cm³/mol. The number of nitrogens with zero attached hydrogens (tertiary/aromatic N) is 4. The molecule has 5 rings (SSSR count). The number of fused-ring (bicyclic) bond motifs is 2. The summed E-state index contributed by atoms with van der Waals surface area (Å²) < 4.78 is 21.2. The zero-order valence-electron chi connectivity index (χ0n) is 22.3. The molecule has 2 saturated heterocycles. The fourth-order valence-electron chi connectivity index (χ4n) is 5.47. The Morgan fingerprint density at radius 2 is 1.85 bits per heavy atom. The van der Waals surface area contributed by atoms with Crippen LogP contribution in [0.4, 0.5) is 5.82 Å². The summed E-state index contributed by atoms with van der Waals surface area (Å²) in [6.45, 7) is 21.2. The number of rotatable bonds is 8. The minimum atomic E-state index is -1.14. The van der Waals surface area contributed by atoms with E-state index in [-0.39, 0.29) is 0 Å². The highest BCUT2D eigenvalue weighted by Crippen LogP contribution is 2.60. The average molecular weight is 485 g/mol. The highest BCUT2D eigenvalue weighted by atomic mass is 28.3. The standard InChI is InChI=1S/C25H41BN4O3Si/c1-9-25-12-18(25)13-29(15-25)21-20-19(26-32-23(2,3)24(4,5)33-26)14-30(22(20)28-16-27-21)17-31-10-11-34(6,7)8/h14,16,18H,9-13,15,17H2,1-8H3. The van der Waals surface area contributed by atoms with E-state index in [1.54, 1.807) is 6.33 Å². The van der Waals surface area contributed by atoms with Gasteiger partial charge in [0, 0.05) is 39.4 Å². The Balaban J connectivity index is 1.50. The molecule has 3 fully saturated rings. The largest absolute Gasteiger partial charge is 0.497 e. The number of aromatic nitrogens is 3. The molecule has 2 aromatic rings. The lowest BCUT2D eigenvalue weighted by atomic mass is 9.79. The molecule has 7 nitrogen and oxygen atoms in total. The lowest BCUT2D eigenvalue weighted by Gasteiger charge is -2.32. The van der Waals surface area contributed by atoms with E-state index in [4.69, 9.17) is 24.0 Å². The molecule has 0 radical (unpaired) electrons. The van der Waals surface area contributed by atoms with Crippen molar-refractivity contribution in [3.63, 3.8) is 0 Å². The number of hydrogen-bond donors (Lipinski definition) is 0. The van der Waals surface area contributed by atoms with Gasteiger partial charge >= 0.3 is 7.12 Å². The Hall–Kier alpha value is -1.42. The number of piperidine rings is 1. The molecule has 0 bridgehead atoms. The Kier molecular flexibility index (Phi) is 5.75. The molecule has 2 atom stereocenters. The summed E-state index contributed by atoms with van der Waals surface area (Å²) in [5, 5.41) is 1.04. The molecule has 3 aliphatic rings. The van der Waals surface area contributed by atoms with Crippen LogP contribution in [0.3, 0.4) is 0 Å². The van der Waals surface area contributed by atoms with E-state index in [1.165, 1.54) is 12.8 Å². The smallest absolute Gasteiger partial charge is 0.399 e. The van der Waals surface area contributed by atoms with Gasteiger partial charge in [-0.15, -0.1) is 0 Å². The van der Waals surface area contributed by atoms with Gasteiger partial charge in [0.25, 0.3) is 0 Å². The average Bonchev–Trinajstić information content (AvgIpc) is 3.02. The van der Waals surface area contributed by atoms with E-state index in [0.29, 0.717) is 12.1 Å². The first kappa shape index (κ1) is 24.3. The second-order valence-electron chi connectivity index (χ2n) is 12.9. The third kappa shape index (κ3) is 4.12. The zero-order chi connectivity index (χ0) is 24.5. The lowest BCUT2D eigenvalue weighted by molar-refractivity contribution is 0.00578. The maximum absolute atomic E-state index is 6.49. The van der Waals surface area contributed by atoms with Gasteiger partial charge in [0.1, 0.15) is 24.5 Å². The molecule has 4 heterocycles. The van der Waals surface area contributed by atoms with Crippen LogP contribution in [-0.2, 0) is 20.8 Å². The Labute approximate surface area is 205 Å². The van der Waals surface area contributed by atoms with Crippen molar-refractivity contribution in [1.82, 2.24) is 14.5 Å². The van der Waals surface area contributed by atoms with Crippen molar-refractivity contribution in [3.05, 3.63) is 12.5 Å². The van der Waals surface area contributed by atoms with Crippen LogP contribution in [0.25, 0.3) is 11.0 Å². The fourth-order valence-corrected chi connectivity index (χ4v) is 6.22. The number of hydrogen-bond acceptors (Lipinski definition) is 6. The maximum atomic E-state index is 6.49. The second-order valence-corrected chi connectivity index (χ2v) is 18.5. The Morgan fingerprint density at radius 1 is 1.15 bits per heavy atom. The molecule has 1 saturated carbocycles. The van der Waals surface area contributed by atoms with Crippen molar-refractivity contribution < 1.29 is 14.0 Å². The molecule has 0 amide bonds. The SMILES string of the molecule is CCC12CC1CN(c1ncnc3c1c(B1OC(C)(C)C(C)(C)O1)cn3COCC[Si](C)(C)C)C2. The van der Waals surface area contributed by atoms with E-state index in [1.807, 2.05) is 0 Å². The molecular formula is C25H41BN4O3Si. The van der Waals surface area contributed by atoms with E-state index < -0.39 is 26.4 Å². The summed E-state index contributed by atoms with van der Waals surface area (Å²) >= 11 is 0. The van der Waals surface area contributed by atoms with Crippen LogP contribution in [0, 0.1) is 11.3 Å². The van der Waals surface area contributed by atoms with E-state index >= 15 is 0 Å². The molecule has 34 heavy (non-hydrogen) atoms. The number of anilines is 1. The monoisotopic (exact) mass is 484 g/mol. The molecule has 2 unspecified atom stereocenters. The summed E-state index contributed by atoms with van der Waals surface area (Å²) in [6, 6.07) is 1.14. The molecule has 2 aliphatic heterocycles. The highest BCUT2D eigenvalue weighted by molar-refractivity contribution is 6.76. The Morgan fingerprint density at radius 3 is 2.47 bits per heavy atom. The third-order valence-electron chi connectivity index (χ3n) is 8.71. The summed E-state index contributed by atoms with van der Waals surface area (Å²) in [5.41, 5.74) is 1.57. The van der Waals surface area contributed by atoms with E-state index in [2.05, 4.69) is 69.9 Å². The predicted octanol–water partition coefficient (Wildman–Crippen LogP) is 4.28.